The van der Waals surface area contributed by atoms with Crippen LogP contribution < -0.4 is 9.64 Å². The topological polar surface area (TPSA) is 49.9 Å². The lowest BCUT2D eigenvalue weighted by Gasteiger charge is -2.34. The minimum absolute atomic E-state index is 0.00637. The predicted molar refractivity (Wildman–Crippen MR) is 117 cm³/mol. The summed E-state index contributed by atoms with van der Waals surface area (Å²) in [5, 5.41) is 0. The van der Waals surface area contributed by atoms with Crippen molar-refractivity contribution in [2.45, 2.75) is 24.4 Å². The normalized spacial score (nSPS) is 28.7. The molecule has 4 atom stereocenters. The summed E-state index contributed by atoms with van der Waals surface area (Å²) in [6.07, 6.45) is 0. The average molecular weight is 410 g/mol. The zero-order chi connectivity index (χ0) is 21.2. The highest BCUT2D eigenvalue weighted by Crippen LogP contribution is 2.61. The molecule has 3 aromatic rings. The molecule has 0 N–H and O–H groups in total. The van der Waals surface area contributed by atoms with Crippen molar-refractivity contribution in [3.8, 4) is 5.75 Å². The second-order valence-corrected chi connectivity index (χ2v) is 8.62. The maximum Gasteiger partial charge on any atom is 0.332 e. The summed E-state index contributed by atoms with van der Waals surface area (Å²) in [5.74, 6) is 0.438. The molecule has 2 fully saturated rings. The van der Waals surface area contributed by atoms with Gasteiger partial charge in [0.1, 0.15) is 11.3 Å². The molecule has 0 aliphatic carbocycles. The molecule has 3 aromatic carbocycles. The van der Waals surface area contributed by atoms with Crippen molar-refractivity contribution in [1.29, 1.82) is 0 Å². The summed E-state index contributed by atoms with van der Waals surface area (Å²) < 4.78 is 6.12. The molecular weight excluding hydrogens is 388 g/mol. The van der Waals surface area contributed by atoms with Crippen molar-refractivity contribution in [2.24, 2.45) is 5.92 Å². The van der Waals surface area contributed by atoms with Crippen LogP contribution in [0.2, 0.25) is 0 Å². The van der Waals surface area contributed by atoms with Gasteiger partial charge in [-0.2, -0.15) is 0 Å². The second kappa shape index (κ2) is 6.45. The van der Waals surface area contributed by atoms with Crippen molar-refractivity contribution in [1.82, 2.24) is 4.90 Å². The number of amides is 3. The molecule has 0 saturated carbocycles. The van der Waals surface area contributed by atoms with E-state index in [0.717, 1.165) is 16.9 Å². The molecule has 154 valence electrons. The van der Waals surface area contributed by atoms with Crippen LogP contribution in [0.15, 0.2) is 84.9 Å². The Morgan fingerprint density at radius 3 is 2.26 bits per heavy atom. The van der Waals surface area contributed by atoms with Gasteiger partial charge in [-0.1, -0.05) is 66.7 Å². The van der Waals surface area contributed by atoms with Gasteiger partial charge in [-0.25, -0.2) is 9.69 Å². The lowest BCUT2D eigenvalue weighted by molar-refractivity contribution is -0.124. The monoisotopic (exact) mass is 410 g/mol. The lowest BCUT2D eigenvalue weighted by Crippen LogP contribution is -2.46. The number of ether oxygens (including phenoxy) is 1. The van der Waals surface area contributed by atoms with E-state index in [4.69, 9.17) is 4.74 Å². The molecule has 0 unspecified atom stereocenters. The molecule has 31 heavy (non-hydrogen) atoms. The van der Waals surface area contributed by atoms with Gasteiger partial charge in [0.25, 0.3) is 5.91 Å². The van der Waals surface area contributed by atoms with Crippen LogP contribution in [0.25, 0.3) is 0 Å². The molecule has 0 aromatic heterocycles. The Hall–Kier alpha value is -3.60. The van der Waals surface area contributed by atoms with E-state index in [1.54, 1.807) is 0 Å². The number of fused-ring (bicyclic) bond motifs is 5. The van der Waals surface area contributed by atoms with Crippen LogP contribution in [0.1, 0.15) is 30.0 Å². The number of nitrogens with zero attached hydrogens (tertiary/aromatic N) is 2. The first kappa shape index (κ1) is 18.2. The van der Waals surface area contributed by atoms with Gasteiger partial charge in [0.2, 0.25) is 0 Å². The van der Waals surface area contributed by atoms with Gasteiger partial charge in [0.05, 0.1) is 18.3 Å². The Labute approximate surface area is 180 Å². The maximum absolute atomic E-state index is 14.0. The Bertz CT molecular complexity index is 1180. The number of urea groups is 1. The van der Waals surface area contributed by atoms with Crippen molar-refractivity contribution < 1.29 is 14.3 Å². The highest BCUT2D eigenvalue weighted by molar-refractivity contribution is 6.24. The zero-order valence-electron chi connectivity index (χ0n) is 17.1. The maximum atomic E-state index is 14.0. The number of hydrogen-bond acceptors (Lipinski definition) is 3. The summed E-state index contributed by atoms with van der Waals surface area (Å²) in [4.78, 5) is 31.0. The largest absolute Gasteiger partial charge is 0.493 e. The fourth-order valence-electron chi connectivity index (χ4n) is 5.84. The molecule has 2 saturated heterocycles. The van der Waals surface area contributed by atoms with Gasteiger partial charge >= 0.3 is 6.03 Å². The number of para-hydroxylation sites is 2. The van der Waals surface area contributed by atoms with Crippen LogP contribution in [0.3, 0.4) is 0 Å². The van der Waals surface area contributed by atoms with Gasteiger partial charge in [-0.15, -0.1) is 0 Å². The van der Waals surface area contributed by atoms with E-state index < -0.39 is 5.54 Å². The second-order valence-electron chi connectivity index (χ2n) is 8.62. The van der Waals surface area contributed by atoms with Crippen molar-refractivity contribution in [3.05, 3.63) is 96.1 Å². The van der Waals surface area contributed by atoms with Crippen molar-refractivity contribution in [2.75, 3.05) is 11.5 Å². The molecule has 0 spiro atoms. The first-order chi connectivity index (χ1) is 15.1. The molecule has 5 nitrogen and oxygen atoms in total. The van der Waals surface area contributed by atoms with Crippen LogP contribution in [-0.4, -0.2) is 29.0 Å². The number of carbonyl (C=O) groups is 2. The highest BCUT2D eigenvalue weighted by atomic mass is 16.5. The van der Waals surface area contributed by atoms with E-state index >= 15 is 0 Å². The lowest BCUT2D eigenvalue weighted by atomic mass is 9.73. The fraction of sp³-hybridized carbons (Fsp3) is 0.231. The molecule has 6 rings (SSSR count). The first-order valence-electron chi connectivity index (χ1n) is 10.6. The van der Waals surface area contributed by atoms with E-state index in [0.29, 0.717) is 12.3 Å². The number of benzene rings is 3. The molecule has 0 bridgehead atoms. The van der Waals surface area contributed by atoms with E-state index in [9.17, 15) is 9.59 Å². The third-order valence-electron chi connectivity index (χ3n) is 7.09. The molecule has 3 aliphatic heterocycles. The summed E-state index contributed by atoms with van der Waals surface area (Å²) in [5.41, 5.74) is 1.64. The standard InChI is InChI=1S/C26H22N2O3/c1-26-22(17-10-4-2-5-11-17)20-16-31-21-15-9-8-14-19(21)23(20)28(26)25(30)27(24(26)29)18-12-6-3-7-13-18/h2-15,20,22-23H,16H2,1H3/t20-,22-,23+,26+/m1/s1. The molecule has 3 heterocycles. The third-order valence-corrected chi connectivity index (χ3v) is 7.09. The number of carbonyl (C=O) groups excluding carboxylic acids is 2. The predicted octanol–water partition coefficient (Wildman–Crippen LogP) is 4.76. The summed E-state index contributed by atoms with van der Waals surface area (Å²) in [7, 11) is 0. The van der Waals surface area contributed by atoms with Gasteiger partial charge in [-0.05, 0) is 30.7 Å². The molecule has 5 heteroatoms. The Balaban J connectivity index is 1.57. The van der Waals surface area contributed by atoms with Crippen LogP contribution >= 0.6 is 0 Å². The van der Waals surface area contributed by atoms with E-state index in [-0.39, 0.29) is 29.8 Å². The Kier molecular flexibility index (Phi) is 3.78. The highest BCUT2D eigenvalue weighted by Gasteiger charge is 2.70. The van der Waals surface area contributed by atoms with E-state index in [2.05, 4.69) is 12.1 Å². The molecule has 0 radical (unpaired) electrons. The van der Waals surface area contributed by atoms with Crippen LogP contribution in [0.4, 0.5) is 10.5 Å². The number of imide groups is 1. The smallest absolute Gasteiger partial charge is 0.332 e. The molecule has 3 amide bonds. The number of anilines is 1. The zero-order valence-corrected chi connectivity index (χ0v) is 17.1. The van der Waals surface area contributed by atoms with Crippen LogP contribution in [0.5, 0.6) is 5.75 Å². The minimum atomic E-state index is -0.996. The fourth-order valence-corrected chi connectivity index (χ4v) is 5.84. The third kappa shape index (κ3) is 2.31. The van der Waals surface area contributed by atoms with Gasteiger partial charge < -0.3 is 9.64 Å². The van der Waals surface area contributed by atoms with Gasteiger partial charge in [0.15, 0.2) is 0 Å². The van der Waals surface area contributed by atoms with E-state index in [1.165, 1.54) is 4.90 Å². The van der Waals surface area contributed by atoms with E-state index in [1.807, 2.05) is 84.6 Å². The minimum Gasteiger partial charge on any atom is -0.493 e. The number of rotatable bonds is 2. The molecule has 3 aliphatic rings. The molecular formula is C26H22N2O3. The SMILES string of the molecule is C[C@]12C(=O)N(c3ccccc3)C(=O)N1[C@H]1c3ccccc3OC[C@@H]1[C@H]2c1ccccc1. The Morgan fingerprint density at radius 1 is 0.871 bits per heavy atom. The van der Waals surface area contributed by atoms with Crippen LogP contribution in [0, 0.1) is 5.92 Å². The summed E-state index contributed by atoms with van der Waals surface area (Å²) in [6, 6.07) is 26.7. The average Bonchev–Trinajstić information content (AvgIpc) is 3.20. The van der Waals surface area contributed by atoms with Crippen molar-refractivity contribution in [3.63, 3.8) is 0 Å². The quantitative estimate of drug-likeness (QED) is 0.573. The summed E-state index contributed by atoms with van der Waals surface area (Å²) >= 11 is 0. The van der Waals surface area contributed by atoms with Gasteiger partial charge in [-0.3, -0.25) is 4.79 Å². The first-order valence-corrected chi connectivity index (χ1v) is 10.6. The van der Waals surface area contributed by atoms with Gasteiger partial charge in [0, 0.05) is 17.4 Å². The Morgan fingerprint density at radius 2 is 1.52 bits per heavy atom. The van der Waals surface area contributed by atoms with Crippen molar-refractivity contribution >= 4 is 17.6 Å². The van der Waals surface area contributed by atoms with Crippen LogP contribution in [-0.2, 0) is 4.79 Å². The number of hydrogen-bond donors (Lipinski definition) is 0. The summed E-state index contributed by atoms with van der Waals surface area (Å²) in [6.45, 7) is 2.40.